The van der Waals surface area contributed by atoms with E-state index in [4.69, 9.17) is 4.74 Å². The molecule has 4 nitrogen and oxygen atoms in total. The van der Waals surface area contributed by atoms with Gasteiger partial charge in [0, 0.05) is 40.9 Å². The van der Waals surface area contributed by atoms with Gasteiger partial charge < -0.3 is 15.0 Å². The van der Waals surface area contributed by atoms with Gasteiger partial charge in [-0.05, 0) is 67.7 Å². The Morgan fingerprint density at radius 1 is 1.13 bits per heavy atom. The molecule has 5 heteroatoms. The molecule has 0 atom stereocenters. The zero-order valence-corrected chi connectivity index (χ0v) is 19.0. The van der Waals surface area contributed by atoms with Gasteiger partial charge in [-0.3, -0.25) is 0 Å². The standard InChI is InChI=1S/C25H29N3OS/c1-5-30-19-8-6-7-18(14-19)20-9-10-23(29-12-11-28(3)4)22-16-27-25-21(24(20)22)13-17(2)15-26-25/h6-10,13-15H,5,11-12,16H2,1-4H3,(H,26,27). The third-order valence-electron chi connectivity index (χ3n) is 5.25. The summed E-state index contributed by atoms with van der Waals surface area (Å²) in [4.78, 5) is 8.09. The maximum absolute atomic E-state index is 6.21. The van der Waals surface area contributed by atoms with E-state index in [1.807, 2.05) is 18.0 Å². The molecule has 30 heavy (non-hydrogen) atoms. The van der Waals surface area contributed by atoms with Crippen LogP contribution < -0.4 is 10.1 Å². The van der Waals surface area contributed by atoms with E-state index in [1.54, 1.807) is 0 Å². The summed E-state index contributed by atoms with van der Waals surface area (Å²) in [7, 11) is 4.13. The molecule has 2 aromatic carbocycles. The lowest BCUT2D eigenvalue weighted by molar-refractivity contribution is 0.260. The van der Waals surface area contributed by atoms with E-state index in [9.17, 15) is 0 Å². The quantitative estimate of drug-likeness (QED) is 0.497. The van der Waals surface area contributed by atoms with Gasteiger partial charge in [-0.2, -0.15) is 0 Å². The number of aryl methyl sites for hydroxylation is 1. The largest absolute Gasteiger partial charge is 0.492 e. The maximum atomic E-state index is 6.21. The van der Waals surface area contributed by atoms with E-state index in [0.29, 0.717) is 13.2 Å². The maximum Gasteiger partial charge on any atom is 0.134 e. The van der Waals surface area contributed by atoms with Gasteiger partial charge in [-0.15, -0.1) is 11.8 Å². The van der Waals surface area contributed by atoms with Crippen LogP contribution in [0.25, 0.3) is 22.3 Å². The number of nitrogens with zero attached hydrogens (tertiary/aromatic N) is 2. The lowest BCUT2D eigenvalue weighted by Gasteiger charge is -2.26. The number of hydrogen-bond acceptors (Lipinski definition) is 5. The van der Waals surface area contributed by atoms with Gasteiger partial charge in [0.15, 0.2) is 0 Å². The molecule has 2 heterocycles. The second kappa shape index (κ2) is 9.11. The minimum Gasteiger partial charge on any atom is -0.492 e. The Balaban J connectivity index is 1.85. The molecule has 1 N–H and O–H groups in total. The number of nitrogens with one attached hydrogen (secondary N) is 1. The van der Waals surface area contributed by atoms with Crippen molar-refractivity contribution in [1.29, 1.82) is 0 Å². The molecule has 0 bridgehead atoms. The summed E-state index contributed by atoms with van der Waals surface area (Å²) in [5.74, 6) is 2.96. The molecule has 4 rings (SSSR count). The van der Waals surface area contributed by atoms with Crippen LogP contribution in [-0.2, 0) is 6.54 Å². The van der Waals surface area contributed by atoms with Crippen LogP contribution in [0, 0.1) is 6.92 Å². The number of likely N-dealkylation sites (N-methyl/N-ethyl adjacent to an activating group) is 1. The van der Waals surface area contributed by atoms with Crippen LogP contribution >= 0.6 is 11.8 Å². The fourth-order valence-electron chi connectivity index (χ4n) is 3.82. The summed E-state index contributed by atoms with van der Waals surface area (Å²) in [5, 5.41) is 3.49. The second-order valence-corrected chi connectivity index (χ2v) is 9.18. The van der Waals surface area contributed by atoms with Crippen LogP contribution in [0.1, 0.15) is 18.1 Å². The van der Waals surface area contributed by atoms with Crippen LogP contribution in [-0.4, -0.2) is 42.9 Å². The lowest BCUT2D eigenvalue weighted by Crippen LogP contribution is -2.20. The SMILES string of the molecule is CCSc1cccc(-c2ccc(OCCN(C)C)c3c2-c2cc(C)cnc2NC3)c1. The monoisotopic (exact) mass is 419 g/mol. The van der Waals surface area contributed by atoms with E-state index in [0.717, 1.165) is 35.0 Å². The first-order valence-corrected chi connectivity index (χ1v) is 11.4. The van der Waals surface area contributed by atoms with Gasteiger partial charge in [0.1, 0.15) is 18.2 Å². The number of hydrogen-bond donors (Lipinski definition) is 1. The van der Waals surface area contributed by atoms with Gasteiger partial charge in [0.25, 0.3) is 0 Å². The molecule has 0 saturated heterocycles. The fraction of sp³-hybridized carbons (Fsp3) is 0.320. The third-order valence-corrected chi connectivity index (χ3v) is 6.12. The Bertz CT molecular complexity index is 1050. The van der Waals surface area contributed by atoms with Gasteiger partial charge in [-0.1, -0.05) is 25.1 Å². The van der Waals surface area contributed by atoms with Crippen molar-refractivity contribution in [3.05, 3.63) is 59.8 Å². The highest BCUT2D eigenvalue weighted by Crippen LogP contribution is 2.45. The Kier molecular flexibility index (Phi) is 6.30. The Morgan fingerprint density at radius 2 is 2.00 bits per heavy atom. The van der Waals surface area contributed by atoms with Crippen molar-refractivity contribution in [2.45, 2.75) is 25.3 Å². The van der Waals surface area contributed by atoms with Gasteiger partial charge >= 0.3 is 0 Å². The molecule has 0 radical (unpaired) electrons. The zero-order chi connectivity index (χ0) is 21.1. The molecule has 156 valence electrons. The van der Waals surface area contributed by atoms with Crippen molar-refractivity contribution in [3.63, 3.8) is 0 Å². The number of benzene rings is 2. The fourth-order valence-corrected chi connectivity index (χ4v) is 4.54. The normalized spacial score (nSPS) is 12.3. The Hall–Kier alpha value is -2.50. The predicted octanol–water partition coefficient (Wildman–Crippen LogP) is 5.70. The van der Waals surface area contributed by atoms with E-state index < -0.39 is 0 Å². The molecule has 0 saturated carbocycles. The first-order chi connectivity index (χ1) is 14.6. The highest BCUT2D eigenvalue weighted by molar-refractivity contribution is 7.99. The van der Waals surface area contributed by atoms with Crippen molar-refractivity contribution >= 4 is 17.6 Å². The molecule has 0 amide bonds. The third kappa shape index (κ3) is 4.32. The summed E-state index contributed by atoms with van der Waals surface area (Å²) in [6.45, 7) is 6.55. The van der Waals surface area contributed by atoms with Crippen molar-refractivity contribution < 1.29 is 4.74 Å². The van der Waals surface area contributed by atoms with Gasteiger partial charge in [0.2, 0.25) is 0 Å². The molecular weight excluding hydrogens is 390 g/mol. The van der Waals surface area contributed by atoms with E-state index in [-0.39, 0.29) is 0 Å². The Morgan fingerprint density at radius 3 is 2.80 bits per heavy atom. The molecule has 1 aromatic heterocycles. The van der Waals surface area contributed by atoms with Crippen molar-refractivity contribution in [2.75, 3.05) is 38.3 Å². The van der Waals surface area contributed by atoms with E-state index in [1.165, 1.54) is 27.1 Å². The van der Waals surface area contributed by atoms with Crippen LogP contribution in [0.3, 0.4) is 0 Å². The average molecular weight is 420 g/mol. The lowest BCUT2D eigenvalue weighted by atomic mass is 9.87. The molecule has 1 aliphatic heterocycles. The van der Waals surface area contributed by atoms with Crippen LogP contribution in [0.5, 0.6) is 5.75 Å². The summed E-state index contributed by atoms with van der Waals surface area (Å²) >= 11 is 1.87. The van der Waals surface area contributed by atoms with E-state index in [2.05, 4.69) is 85.6 Å². The van der Waals surface area contributed by atoms with Gasteiger partial charge in [-0.25, -0.2) is 4.98 Å². The summed E-state index contributed by atoms with van der Waals surface area (Å²) in [6, 6.07) is 15.4. The van der Waals surface area contributed by atoms with Crippen molar-refractivity contribution in [2.24, 2.45) is 0 Å². The summed E-state index contributed by atoms with van der Waals surface area (Å²) in [6.07, 6.45) is 1.92. The first-order valence-electron chi connectivity index (χ1n) is 10.4. The predicted molar refractivity (Wildman–Crippen MR) is 128 cm³/mol. The van der Waals surface area contributed by atoms with Gasteiger partial charge in [0.05, 0.1) is 0 Å². The zero-order valence-electron chi connectivity index (χ0n) is 18.2. The Labute approximate surface area is 183 Å². The number of anilines is 1. The summed E-state index contributed by atoms with van der Waals surface area (Å²) in [5.41, 5.74) is 7.22. The molecule has 0 aliphatic carbocycles. The first kappa shape index (κ1) is 20.8. The highest BCUT2D eigenvalue weighted by Gasteiger charge is 2.24. The average Bonchev–Trinajstić information content (AvgIpc) is 2.73. The molecule has 0 spiro atoms. The molecule has 0 unspecified atom stereocenters. The van der Waals surface area contributed by atoms with Crippen molar-refractivity contribution in [1.82, 2.24) is 9.88 Å². The summed E-state index contributed by atoms with van der Waals surface area (Å²) < 4.78 is 6.21. The molecule has 1 aliphatic rings. The number of rotatable bonds is 7. The second-order valence-electron chi connectivity index (χ2n) is 7.84. The number of thioether (sulfide) groups is 1. The molecular formula is C25H29N3OS. The number of ether oxygens (including phenoxy) is 1. The van der Waals surface area contributed by atoms with Crippen LogP contribution in [0.15, 0.2) is 53.6 Å². The smallest absolute Gasteiger partial charge is 0.134 e. The van der Waals surface area contributed by atoms with Crippen molar-refractivity contribution in [3.8, 4) is 28.0 Å². The van der Waals surface area contributed by atoms with Crippen LogP contribution in [0.4, 0.5) is 5.82 Å². The molecule has 0 fully saturated rings. The minimum absolute atomic E-state index is 0.667. The topological polar surface area (TPSA) is 37.4 Å². The number of aromatic nitrogens is 1. The highest BCUT2D eigenvalue weighted by atomic mass is 32.2. The number of fused-ring (bicyclic) bond motifs is 3. The molecule has 3 aromatic rings. The minimum atomic E-state index is 0.667. The van der Waals surface area contributed by atoms with E-state index >= 15 is 0 Å². The van der Waals surface area contributed by atoms with Crippen LogP contribution in [0.2, 0.25) is 0 Å². The number of pyridine rings is 1.